The molecule has 2 amide bonds. The van der Waals surface area contributed by atoms with E-state index in [1.54, 1.807) is 36.9 Å². The minimum Gasteiger partial charge on any atom is -0.489 e. The van der Waals surface area contributed by atoms with Crippen LogP contribution in [0.15, 0.2) is 22.6 Å². The van der Waals surface area contributed by atoms with E-state index in [1.165, 1.54) is 0 Å². The summed E-state index contributed by atoms with van der Waals surface area (Å²) in [6.45, 7) is 4.65. The summed E-state index contributed by atoms with van der Waals surface area (Å²) in [6, 6.07) is 4.93. The van der Waals surface area contributed by atoms with E-state index < -0.39 is 0 Å². The Morgan fingerprint density at radius 3 is 2.70 bits per heavy atom. The zero-order valence-electron chi connectivity index (χ0n) is 15.2. The van der Waals surface area contributed by atoms with Gasteiger partial charge in [-0.3, -0.25) is 9.59 Å². The average Bonchev–Trinajstić information content (AvgIpc) is 3.07. The number of hydrogen-bond acceptors (Lipinski definition) is 6. The van der Waals surface area contributed by atoms with E-state index in [2.05, 4.69) is 15.5 Å². The number of carbonyl (C=O) groups excluding carboxylic acids is 2. The van der Waals surface area contributed by atoms with Gasteiger partial charge in [0.05, 0.1) is 12.1 Å². The van der Waals surface area contributed by atoms with Gasteiger partial charge in [0.25, 0.3) is 5.91 Å². The number of aromatic nitrogens is 2. The second-order valence-electron chi connectivity index (χ2n) is 6.36. The molecule has 0 bridgehead atoms. The lowest BCUT2D eigenvalue weighted by Gasteiger charge is -2.31. The van der Waals surface area contributed by atoms with Crippen molar-refractivity contribution in [2.45, 2.75) is 39.3 Å². The van der Waals surface area contributed by atoms with Crippen LogP contribution < -0.4 is 10.1 Å². The molecule has 1 aromatic carbocycles. The Morgan fingerprint density at radius 2 is 2.07 bits per heavy atom. The Balaban J connectivity index is 1.65. The van der Waals surface area contributed by atoms with Crippen molar-refractivity contribution in [1.82, 2.24) is 20.4 Å². The van der Waals surface area contributed by atoms with Crippen molar-refractivity contribution in [3.63, 3.8) is 0 Å². The molecule has 0 aliphatic carbocycles. The number of nitrogens with zero attached hydrogens (tertiary/aromatic N) is 3. The van der Waals surface area contributed by atoms with Crippen molar-refractivity contribution in [2.75, 3.05) is 13.1 Å². The van der Waals surface area contributed by atoms with Crippen LogP contribution >= 0.6 is 11.6 Å². The molecule has 0 spiro atoms. The van der Waals surface area contributed by atoms with E-state index in [-0.39, 0.29) is 24.5 Å². The van der Waals surface area contributed by atoms with Gasteiger partial charge in [0, 0.05) is 44.8 Å². The normalized spacial score (nSPS) is 14.9. The van der Waals surface area contributed by atoms with Crippen molar-refractivity contribution >= 4 is 23.4 Å². The third-order valence-electron chi connectivity index (χ3n) is 4.34. The smallest absolute Gasteiger partial charge is 0.255 e. The van der Waals surface area contributed by atoms with Gasteiger partial charge < -0.3 is 19.4 Å². The molecule has 27 heavy (non-hydrogen) atoms. The molecule has 1 aliphatic heterocycles. The summed E-state index contributed by atoms with van der Waals surface area (Å²) in [7, 11) is 0. The van der Waals surface area contributed by atoms with E-state index in [9.17, 15) is 9.59 Å². The number of rotatable bonds is 5. The van der Waals surface area contributed by atoms with Gasteiger partial charge in [0.2, 0.25) is 17.7 Å². The van der Waals surface area contributed by atoms with E-state index >= 15 is 0 Å². The van der Waals surface area contributed by atoms with Crippen LogP contribution in [-0.2, 0) is 11.3 Å². The van der Waals surface area contributed by atoms with Crippen LogP contribution in [0, 0.1) is 6.92 Å². The fourth-order valence-electron chi connectivity index (χ4n) is 2.91. The van der Waals surface area contributed by atoms with Crippen LogP contribution in [0.3, 0.4) is 0 Å². The van der Waals surface area contributed by atoms with Crippen molar-refractivity contribution in [1.29, 1.82) is 0 Å². The van der Waals surface area contributed by atoms with Gasteiger partial charge in [0.15, 0.2) is 0 Å². The maximum Gasteiger partial charge on any atom is 0.255 e. The summed E-state index contributed by atoms with van der Waals surface area (Å²) in [5.41, 5.74) is 0.340. The third-order valence-corrected chi connectivity index (χ3v) is 4.57. The highest BCUT2D eigenvalue weighted by molar-refractivity contribution is 6.31. The summed E-state index contributed by atoms with van der Waals surface area (Å²) in [6.07, 6.45) is 1.36. The van der Waals surface area contributed by atoms with Crippen LogP contribution in [0.2, 0.25) is 5.02 Å². The van der Waals surface area contributed by atoms with Crippen LogP contribution in [0.4, 0.5) is 0 Å². The average molecular weight is 393 g/mol. The Bertz CT molecular complexity index is 831. The zero-order chi connectivity index (χ0) is 19.4. The number of likely N-dealkylation sites (tertiary alicyclic amines) is 1. The lowest BCUT2D eigenvalue weighted by molar-refractivity contribution is -0.130. The molecule has 1 aliphatic rings. The van der Waals surface area contributed by atoms with Crippen molar-refractivity contribution in [2.24, 2.45) is 0 Å². The minimum atomic E-state index is -0.343. The maximum absolute atomic E-state index is 12.6. The molecule has 0 radical (unpaired) electrons. The summed E-state index contributed by atoms with van der Waals surface area (Å²) in [5, 5.41) is 10.7. The largest absolute Gasteiger partial charge is 0.489 e. The predicted molar refractivity (Wildman–Crippen MR) is 97.6 cm³/mol. The lowest BCUT2D eigenvalue weighted by atomic mass is 10.1. The standard InChI is InChI=1S/C18H21ClN4O4/c1-11-21-22-17(26-11)10-20-18(25)15-9-13(19)3-4-16(15)27-14-5-7-23(8-6-14)12(2)24/h3-4,9,14H,5-8,10H2,1-2H3,(H,20,25). The summed E-state index contributed by atoms with van der Waals surface area (Å²) in [4.78, 5) is 25.8. The number of amides is 2. The van der Waals surface area contributed by atoms with Gasteiger partial charge in [-0.05, 0) is 18.2 Å². The molecule has 0 unspecified atom stereocenters. The number of nitrogens with one attached hydrogen (secondary N) is 1. The highest BCUT2D eigenvalue weighted by Gasteiger charge is 2.24. The van der Waals surface area contributed by atoms with Crippen molar-refractivity contribution < 1.29 is 18.7 Å². The Labute approximate surface area is 161 Å². The first kappa shape index (κ1) is 19.2. The molecule has 9 heteroatoms. The monoisotopic (exact) mass is 392 g/mol. The highest BCUT2D eigenvalue weighted by Crippen LogP contribution is 2.26. The fourth-order valence-corrected chi connectivity index (χ4v) is 3.08. The van der Waals surface area contributed by atoms with E-state index in [1.807, 2.05) is 0 Å². The van der Waals surface area contributed by atoms with Crippen molar-refractivity contribution in [3.05, 3.63) is 40.6 Å². The number of carbonyl (C=O) groups is 2. The molecule has 0 saturated carbocycles. The van der Waals surface area contributed by atoms with Gasteiger partial charge in [-0.15, -0.1) is 10.2 Å². The van der Waals surface area contributed by atoms with Crippen LogP contribution in [0.5, 0.6) is 5.75 Å². The number of hydrogen-bond donors (Lipinski definition) is 1. The van der Waals surface area contributed by atoms with Gasteiger partial charge >= 0.3 is 0 Å². The first-order valence-corrected chi connectivity index (χ1v) is 9.09. The molecule has 1 fully saturated rings. The molecule has 1 aromatic heterocycles. The van der Waals surface area contributed by atoms with Crippen LogP contribution in [0.1, 0.15) is 41.9 Å². The Morgan fingerprint density at radius 1 is 1.33 bits per heavy atom. The number of aryl methyl sites for hydroxylation is 1. The second-order valence-corrected chi connectivity index (χ2v) is 6.80. The van der Waals surface area contributed by atoms with Crippen LogP contribution in [0.25, 0.3) is 0 Å². The quantitative estimate of drug-likeness (QED) is 0.838. The van der Waals surface area contributed by atoms with Crippen molar-refractivity contribution in [3.8, 4) is 5.75 Å². The number of piperidine rings is 1. The highest BCUT2D eigenvalue weighted by atomic mass is 35.5. The van der Waals surface area contributed by atoms with E-state index in [0.717, 1.165) is 0 Å². The predicted octanol–water partition coefficient (Wildman–Crippen LogP) is 2.35. The summed E-state index contributed by atoms with van der Waals surface area (Å²) < 4.78 is 11.3. The molecule has 144 valence electrons. The van der Waals surface area contributed by atoms with Gasteiger partial charge in [-0.2, -0.15) is 0 Å². The summed E-state index contributed by atoms with van der Waals surface area (Å²) >= 11 is 6.06. The topological polar surface area (TPSA) is 97.6 Å². The third kappa shape index (κ3) is 4.97. The maximum atomic E-state index is 12.6. The molecular formula is C18H21ClN4O4. The van der Waals surface area contributed by atoms with Gasteiger partial charge in [-0.1, -0.05) is 11.6 Å². The molecular weight excluding hydrogens is 372 g/mol. The number of ether oxygens (including phenoxy) is 1. The first-order chi connectivity index (χ1) is 12.9. The molecule has 8 nitrogen and oxygen atoms in total. The van der Waals surface area contributed by atoms with Crippen LogP contribution in [-0.4, -0.2) is 46.1 Å². The number of benzene rings is 1. The molecule has 3 rings (SSSR count). The molecule has 2 heterocycles. The zero-order valence-corrected chi connectivity index (χ0v) is 16.0. The Hall–Kier alpha value is -2.61. The van der Waals surface area contributed by atoms with E-state index in [4.69, 9.17) is 20.8 Å². The number of halogens is 1. The second kappa shape index (κ2) is 8.39. The lowest BCUT2D eigenvalue weighted by Crippen LogP contribution is -2.40. The molecule has 1 N–H and O–H groups in total. The van der Waals surface area contributed by atoms with Gasteiger partial charge in [-0.25, -0.2) is 0 Å². The summed E-state index contributed by atoms with van der Waals surface area (Å²) in [5.74, 6) is 0.936. The molecule has 1 saturated heterocycles. The first-order valence-electron chi connectivity index (χ1n) is 8.71. The SMILES string of the molecule is CC(=O)N1CCC(Oc2ccc(Cl)cc2C(=O)NCc2nnc(C)o2)CC1. The molecule has 0 atom stereocenters. The fraction of sp³-hybridized carbons (Fsp3) is 0.444. The molecule has 2 aromatic rings. The van der Waals surface area contributed by atoms with Gasteiger partial charge in [0.1, 0.15) is 11.9 Å². The minimum absolute atomic E-state index is 0.0630. The Kier molecular flexibility index (Phi) is 5.95. The van der Waals surface area contributed by atoms with E-state index in [0.29, 0.717) is 54.0 Å².